The predicted molar refractivity (Wildman–Crippen MR) is 71.3 cm³/mol. The number of cyclic esters (lactones) is 2. The number of ether oxygens (including phenoxy) is 2. The van der Waals surface area contributed by atoms with Crippen molar-refractivity contribution in [3.8, 4) is 11.1 Å². The molecule has 0 saturated heterocycles. The van der Waals surface area contributed by atoms with Gasteiger partial charge in [0.05, 0.1) is 11.1 Å². The maximum Gasteiger partial charge on any atom is 0.349 e. The molecule has 0 fully saturated rings. The molecule has 0 saturated carbocycles. The van der Waals surface area contributed by atoms with Gasteiger partial charge >= 0.3 is 23.9 Å². The second-order valence-corrected chi connectivity index (χ2v) is 5.05. The van der Waals surface area contributed by atoms with E-state index in [0.29, 0.717) is 0 Å². The third-order valence-corrected chi connectivity index (χ3v) is 3.79. The van der Waals surface area contributed by atoms with Crippen LogP contribution in [0, 0.1) is 11.6 Å². The summed E-state index contributed by atoms with van der Waals surface area (Å²) in [6.45, 7) is 0. The summed E-state index contributed by atoms with van der Waals surface area (Å²) in [5, 5.41) is 0. The quantitative estimate of drug-likeness (QED) is 0.544. The van der Waals surface area contributed by atoms with Gasteiger partial charge in [0.15, 0.2) is 0 Å². The summed E-state index contributed by atoms with van der Waals surface area (Å²) in [6, 6.07) is 4.10. The predicted octanol–water partition coefficient (Wildman–Crippen LogP) is 2.25. The van der Waals surface area contributed by atoms with Gasteiger partial charge in [-0.25, -0.2) is 28.0 Å². The van der Waals surface area contributed by atoms with E-state index in [2.05, 4.69) is 9.47 Å². The first kappa shape index (κ1) is 14.2. The lowest BCUT2D eigenvalue weighted by Crippen LogP contribution is -2.25. The highest BCUT2D eigenvalue weighted by atomic mass is 19.1. The highest BCUT2D eigenvalue weighted by Crippen LogP contribution is 2.35. The second-order valence-electron chi connectivity index (χ2n) is 5.05. The number of hydrogen-bond acceptors (Lipinski definition) is 6. The van der Waals surface area contributed by atoms with E-state index in [9.17, 15) is 28.0 Å². The Morgan fingerprint density at radius 3 is 1.29 bits per heavy atom. The number of halogens is 2. The molecule has 2 aromatic rings. The van der Waals surface area contributed by atoms with Crippen molar-refractivity contribution in [1.29, 1.82) is 0 Å². The van der Waals surface area contributed by atoms with Crippen molar-refractivity contribution in [1.82, 2.24) is 0 Å². The molecule has 0 atom stereocenters. The zero-order chi connectivity index (χ0) is 17.2. The van der Waals surface area contributed by atoms with Crippen molar-refractivity contribution in [2.75, 3.05) is 0 Å². The Hall–Kier alpha value is -3.42. The molecular formula is C16H4F2O6. The number of carbonyl (C=O) groups excluding carboxylic acids is 4. The average molecular weight is 330 g/mol. The Balaban J connectivity index is 2.28. The fourth-order valence-corrected chi connectivity index (χ4v) is 2.69. The van der Waals surface area contributed by atoms with Gasteiger partial charge in [-0.2, -0.15) is 0 Å². The lowest BCUT2D eigenvalue weighted by Gasteiger charge is -2.12. The zero-order valence-electron chi connectivity index (χ0n) is 11.5. The summed E-state index contributed by atoms with van der Waals surface area (Å²) in [7, 11) is 0. The largest absolute Gasteiger partial charge is 0.386 e. The van der Waals surface area contributed by atoms with Gasteiger partial charge in [-0.15, -0.1) is 0 Å². The number of esters is 4. The number of benzene rings is 2. The molecule has 0 spiro atoms. The molecule has 0 N–H and O–H groups in total. The van der Waals surface area contributed by atoms with Gasteiger partial charge in [-0.3, -0.25) is 0 Å². The minimum atomic E-state index is -1.48. The van der Waals surface area contributed by atoms with Gasteiger partial charge in [-0.1, -0.05) is 12.1 Å². The van der Waals surface area contributed by atoms with E-state index in [-0.39, 0.29) is 11.1 Å². The lowest BCUT2D eigenvalue weighted by molar-refractivity contribution is 0.0329. The highest BCUT2D eigenvalue weighted by molar-refractivity contribution is 6.16. The Morgan fingerprint density at radius 2 is 0.875 bits per heavy atom. The van der Waals surface area contributed by atoms with Crippen LogP contribution in [-0.4, -0.2) is 23.9 Å². The van der Waals surface area contributed by atoms with Crippen LogP contribution < -0.4 is 0 Å². The molecule has 2 heterocycles. The molecule has 2 aliphatic heterocycles. The summed E-state index contributed by atoms with van der Waals surface area (Å²) in [5.74, 6) is -8.10. The molecule has 8 heteroatoms. The molecule has 6 nitrogen and oxygen atoms in total. The molecule has 4 bridgehead atoms. The van der Waals surface area contributed by atoms with E-state index in [1.807, 2.05) is 0 Å². The molecule has 0 unspecified atom stereocenters. The minimum absolute atomic E-state index is 0.354. The molecule has 2 aromatic carbocycles. The van der Waals surface area contributed by atoms with Crippen LogP contribution in [0.25, 0.3) is 11.1 Å². The molecule has 2 aliphatic rings. The molecule has 0 amide bonds. The monoisotopic (exact) mass is 330 g/mol. The molecule has 0 aliphatic carbocycles. The Morgan fingerprint density at radius 1 is 0.542 bits per heavy atom. The van der Waals surface area contributed by atoms with E-state index in [0.717, 1.165) is 24.3 Å². The number of fused-ring (bicyclic) bond motifs is 5. The van der Waals surface area contributed by atoms with Gasteiger partial charge in [0, 0.05) is 11.1 Å². The van der Waals surface area contributed by atoms with Crippen molar-refractivity contribution in [3.05, 3.63) is 58.2 Å². The Labute approximate surface area is 131 Å². The first-order valence-electron chi connectivity index (χ1n) is 6.58. The zero-order valence-corrected chi connectivity index (χ0v) is 11.5. The SMILES string of the molecule is O=C1OC(=O)c2ccc3c(F)c2C(=O)OC(=O)c2c1ccc-3c2F. The maximum atomic E-state index is 14.7. The van der Waals surface area contributed by atoms with E-state index >= 15 is 0 Å². The van der Waals surface area contributed by atoms with Crippen LogP contribution in [0.1, 0.15) is 41.4 Å². The number of hydrogen-bond donors (Lipinski definition) is 0. The van der Waals surface area contributed by atoms with Crippen LogP contribution >= 0.6 is 0 Å². The van der Waals surface area contributed by atoms with Crippen molar-refractivity contribution in [2.24, 2.45) is 0 Å². The van der Waals surface area contributed by atoms with Crippen molar-refractivity contribution < 1.29 is 37.4 Å². The van der Waals surface area contributed by atoms with Gasteiger partial charge in [0.1, 0.15) is 22.8 Å². The van der Waals surface area contributed by atoms with E-state index in [1.165, 1.54) is 0 Å². The summed E-state index contributed by atoms with van der Waals surface area (Å²) in [4.78, 5) is 48.3. The maximum absolute atomic E-state index is 14.7. The highest BCUT2D eigenvalue weighted by Gasteiger charge is 2.37. The third kappa shape index (κ3) is 1.67. The van der Waals surface area contributed by atoms with Crippen LogP contribution in [0.4, 0.5) is 8.78 Å². The fraction of sp³-hybridized carbons (Fsp3) is 0. The van der Waals surface area contributed by atoms with Crippen LogP contribution in [0.5, 0.6) is 0 Å². The molecule has 118 valence electrons. The standard InChI is InChI=1S/C16H4F2O6/c17-11-5-1-3-7-9(11)15(21)24-16(22)10-8(14(20)23-13(7)19)4-2-6(5)12(10)18/h1-4H. The molecule has 0 radical (unpaired) electrons. The topological polar surface area (TPSA) is 86.7 Å². The van der Waals surface area contributed by atoms with E-state index in [1.54, 1.807) is 0 Å². The van der Waals surface area contributed by atoms with Crippen LogP contribution in [0.15, 0.2) is 24.3 Å². The minimum Gasteiger partial charge on any atom is -0.386 e. The molecular weight excluding hydrogens is 326 g/mol. The first-order chi connectivity index (χ1) is 11.4. The van der Waals surface area contributed by atoms with E-state index < -0.39 is 57.8 Å². The first-order valence-corrected chi connectivity index (χ1v) is 6.58. The van der Waals surface area contributed by atoms with Crippen LogP contribution in [0.2, 0.25) is 0 Å². The van der Waals surface area contributed by atoms with Gasteiger partial charge in [0.2, 0.25) is 0 Å². The van der Waals surface area contributed by atoms with E-state index in [4.69, 9.17) is 0 Å². The van der Waals surface area contributed by atoms with Crippen molar-refractivity contribution in [3.63, 3.8) is 0 Å². The normalized spacial score (nSPS) is 15.2. The van der Waals surface area contributed by atoms with Crippen molar-refractivity contribution >= 4 is 23.9 Å². The Kier molecular flexibility index (Phi) is 2.69. The number of rotatable bonds is 0. The number of carbonyl (C=O) groups is 4. The fourth-order valence-electron chi connectivity index (χ4n) is 2.69. The van der Waals surface area contributed by atoms with Crippen LogP contribution in [-0.2, 0) is 9.47 Å². The summed E-state index contributed by atoms with van der Waals surface area (Å²) < 4.78 is 38.4. The van der Waals surface area contributed by atoms with Gasteiger partial charge < -0.3 is 9.47 Å². The summed E-state index contributed by atoms with van der Waals surface area (Å²) >= 11 is 0. The summed E-state index contributed by atoms with van der Waals surface area (Å²) in [6.07, 6.45) is 0. The van der Waals surface area contributed by atoms with Gasteiger partial charge in [-0.05, 0) is 12.1 Å². The molecule has 4 rings (SSSR count). The van der Waals surface area contributed by atoms with Crippen molar-refractivity contribution in [2.45, 2.75) is 0 Å². The summed E-state index contributed by atoms with van der Waals surface area (Å²) in [5.41, 5.74) is -3.71. The second kappa shape index (κ2) is 4.54. The molecule has 24 heavy (non-hydrogen) atoms. The lowest BCUT2D eigenvalue weighted by atomic mass is 9.95. The average Bonchev–Trinajstić information content (AvgIpc) is 2.56. The van der Waals surface area contributed by atoms with Crippen LogP contribution in [0.3, 0.4) is 0 Å². The van der Waals surface area contributed by atoms with Gasteiger partial charge in [0.25, 0.3) is 0 Å². The third-order valence-electron chi connectivity index (χ3n) is 3.79. The smallest absolute Gasteiger partial charge is 0.349 e. The Bertz CT molecular complexity index is 929. The molecule has 0 aromatic heterocycles.